The molecule has 0 aromatic carbocycles. The first-order valence-electron chi connectivity index (χ1n) is 6.09. The van der Waals surface area contributed by atoms with Gasteiger partial charge in [-0.25, -0.2) is 4.99 Å². The van der Waals surface area contributed by atoms with Gasteiger partial charge in [0, 0.05) is 13.1 Å². The number of piperidine rings is 1. The molecule has 0 aliphatic carbocycles. The Morgan fingerprint density at radius 3 is 2.75 bits per heavy atom. The SMILES string of the molecule is C#CC(N=C(N)N1CCCC(C)C1)C(C)C. The Bertz CT molecular complexity index is 288. The van der Waals surface area contributed by atoms with E-state index < -0.39 is 0 Å². The van der Waals surface area contributed by atoms with Crippen LogP contribution < -0.4 is 5.73 Å². The summed E-state index contributed by atoms with van der Waals surface area (Å²) in [4.78, 5) is 6.59. The lowest BCUT2D eigenvalue weighted by Crippen LogP contribution is -2.44. The number of hydrogen-bond acceptors (Lipinski definition) is 1. The molecule has 1 rings (SSSR count). The maximum absolute atomic E-state index is 6.01. The number of rotatable bonds is 2. The van der Waals surface area contributed by atoms with Gasteiger partial charge >= 0.3 is 0 Å². The summed E-state index contributed by atoms with van der Waals surface area (Å²) in [5.74, 6) is 4.34. The molecule has 0 spiro atoms. The molecule has 16 heavy (non-hydrogen) atoms. The zero-order chi connectivity index (χ0) is 12.1. The number of hydrogen-bond donors (Lipinski definition) is 1. The molecule has 1 saturated heterocycles. The average Bonchev–Trinajstić information content (AvgIpc) is 2.25. The molecule has 0 bridgehead atoms. The molecule has 90 valence electrons. The van der Waals surface area contributed by atoms with E-state index in [-0.39, 0.29) is 6.04 Å². The molecule has 0 amide bonds. The van der Waals surface area contributed by atoms with Crippen molar-refractivity contribution < 1.29 is 0 Å². The number of guanidine groups is 1. The lowest BCUT2D eigenvalue weighted by atomic mass is 10.0. The minimum atomic E-state index is -0.0998. The molecule has 1 fully saturated rings. The maximum atomic E-state index is 6.01. The van der Waals surface area contributed by atoms with E-state index in [0.717, 1.165) is 13.1 Å². The van der Waals surface area contributed by atoms with E-state index in [0.29, 0.717) is 17.8 Å². The van der Waals surface area contributed by atoms with Crippen molar-refractivity contribution in [2.75, 3.05) is 13.1 Å². The van der Waals surface area contributed by atoms with Gasteiger partial charge in [-0.1, -0.05) is 26.7 Å². The molecule has 1 aliphatic heterocycles. The van der Waals surface area contributed by atoms with Gasteiger partial charge in [-0.05, 0) is 24.7 Å². The van der Waals surface area contributed by atoms with Crippen LogP contribution in [0.2, 0.25) is 0 Å². The van der Waals surface area contributed by atoms with Crippen LogP contribution in [-0.4, -0.2) is 30.0 Å². The fourth-order valence-corrected chi connectivity index (χ4v) is 2.00. The van der Waals surface area contributed by atoms with Gasteiger partial charge in [-0.2, -0.15) is 0 Å². The van der Waals surface area contributed by atoms with E-state index in [1.54, 1.807) is 0 Å². The zero-order valence-corrected chi connectivity index (χ0v) is 10.6. The Kier molecular flexibility index (Phi) is 4.67. The van der Waals surface area contributed by atoms with Crippen molar-refractivity contribution in [2.24, 2.45) is 22.6 Å². The number of likely N-dealkylation sites (tertiary alicyclic amines) is 1. The highest BCUT2D eigenvalue weighted by atomic mass is 15.3. The second kappa shape index (κ2) is 5.79. The van der Waals surface area contributed by atoms with Crippen LogP contribution in [-0.2, 0) is 0 Å². The number of aliphatic imine (C=N–C) groups is 1. The molecule has 2 unspecified atom stereocenters. The highest BCUT2D eigenvalue weighted by molar-refractivity contribution is 5.78. The highest BCUT2D eigenvalue weighted by Crippen LogP contribution is 2.15. The fraction of sp³-hybridized carbons (Fsp3) is 0.769. The van der Waals surface area contributed by atoms with Gasteiger partial charge in [0.05, 0.1) is 0 Å². The van der Waals surface area contributed by atoms with E-state index in [1.807, 2.05) is 0 Å². The molecule has 2 N–H and O–H groups in total. The Morgan fingerprint density at radius 1 is 1.56 bits per heavy atom. The Labute approximate surface area is 99.1 Å². The van der Waals surface area contributed by atoms with Gasteiger partial charge in [0.1, 0.15) is 6.04 Å². The van der Waals surface area contributed by atoms with Crippen LogP contribution in [0.15, 0.2) is 4.99 Å². The molecule has 0 aromatic heterocycles. The first kappa shape index (κ1) is 12.9. The van der Waals surface area contributed by atoms with Crippen LogP contribution in [0.3, 0.4) is 0 Å². The molecule has 0 saturated carbocycles. The summed E-state index contributed by atoms with van der Waals surface area (Å²) in [7, 11) is 0. The fourth-order valence-electron chi connectivity index (χ4n) is 2.00. The van der Waals surface area contributed by atoms with Gasteiger partial charge in [-0.3, -0.25) is 0 Å². The van der Waals surface area contributed by atoms with Crippen LogP contribution in [0.1, 0.15) is 33.6 Å². The smallest absolute Gasteiger partial charge is 0.192 e. The third kappa shape index (κ3) is 3.44. The molecular formula is C13H23N3. The summed E-state index contributed by atoms with van der Waals surface area (Å²) in [5.41, 5.74) is 6.01. The van der Waals surface area contributed by atoms with Crippen LogP contribution in [0.4, 0.5) is 0 Å². The molecular weight excluding hydrogens is 198 g/mol. The van der Waals surface area contributed by atoms with Crippen molar-refractivity contribution in [2.45, 2.75) is 39.7 Å². The second-order valence-corrected chi connectivity index (χ2v) is 5.04. The Hall–Kier alpha value is -1.17. The number of nitrogens with two attached hydrogens (primary N) is 1. The van der Waals surface area contributed by atoms with Gasteiger partial charge < -0.3 is 10.6 Å². The van der Waals surface area contributed by atoms with E-state index in [9.17, 15) is 0 Å². The van der Waals surface area contributed by atoms with Crippen molar-refractivity contribution in [3.8, 4) is 12.3 Å². The molecule has 3 nitrogen and oxygen atoms in total. The average molecular weight is 221 g/mol. The second-order valence-electron chi connectivity index (χ2n) is 5.04. The number of nitrogens with zero attached hydrogens (tertiary/aromatic N) is 2. The monoisotopic (exact) mass is 221 g/mol. The van der Waals surface area contributed by atoms with Gasteiger partial charge in [0.15, 0.2) is 5.96 Å². The standard InChI is InChI=1S/C13H23N3/c1-5-12(10(2)3)15-13(14)16-8-6-7-11(4)9-16/h1,10-12H,6-9H2,2-4H3,(H2,14,15). The first-order valence-corrected chi connectivity index (χ1v) is 6.09. The summed E-state index contributed by atoms with van der Waals surface area (Å²) in [6, 6.07) is -0.0998. The quantitative estimate of drug-likeness (QED) is 0.438. The van der Waals surface area contributed by atoms with E-state index in [2.05, 4.69) is 36.6 Å². The summed E-state index contributed by atoms with van der Waals surface area (Å²) >= 11 is 0. The van der Waals surface area contributed by atoms with Gasteiger partial charge in [0.25, 0.3) is 0 Å². The molecule has 3 heteroatoms. The van der Waals surface area contributed by atoms with E-state index in [1.165, 1.54) is 12.8 Å². The summed E-state index contributed by atoms with van der Waals surface area (Å²) in [6.45, 7) is 8.40. The third-order valence-corrected chi connectivity index (χ3v) is 3.05. The van der Waals surface area contributed by atoms with Gasteiger partial charge in [0.2, 0.25) is 0 Å². The van der Waals surface area contributed by atoms with Crippen molar-refractivity contribution in [3.05, 3.63) is 0 Å². The molecule has 1 aliphatic rings. The number of terminal acetylenes is 1. The van der Waals surface area contributed by atoms with E-state index in [4.69, 9.17) is 12.2 Å². The maximum Gasteiger partial charge on any atom is 0.192 e. The van der Waals surface area contributed by atoms with Crippen molar-refractivity contribution in [3.63, 3.8) is 0 Å². The third-order valence-electron chi connectivity index (χ3n) is 3.05. The lowest BCUT2D eigenvalue weighted by Gasteiger charge is -2.32. The largest absolute Gasteiger partial charge is 0.370 e. The van der Waals surface area contributed by atoms with Crippen molar-refractivity contribution in [1.29, 1.82) is 0 Å². The molecule has 0 radical (unpaired) electrons. The summed E-state index contributed by atoms with van der Waals surface area (Å²) < 4.78 is 0. The topological polar surface area (TPSA) is 41.6 Å². The molecule has 0 aromatic rings. The van der Waals surface area contributed by atoms with E-state index >= 15 is 0 Å². The summed E-state index contributed by atoms with van der Waals surface area (Å²) in [5, 5.41) is 0. The van der Waals surface area contributed by atoms with Crippen LogP contribution in [0.5, 0.6) is 0 Å². The van der Waals surface area contributed by atoms with Crippen LogP contribution in [0.25, 0.3) is 0 Å². The zero-order valence-electron chi connectivity index (χ0n) is 10.6. The Balaban J connectivity index is 2.65. The normalized spacial score (nSPS) is 24.3. The minimum Gasteiger partial charge on any atom is -0.370 e. The van der Waals surface area contributed by atoms with Gasteiger partial charge in [-0.15, -0.1) is 6.42 Å². The molecule has 1 heterocycles. The van der Waals surface area contributed by atoms with Crippen LogP contribution in [0, 0.1) is 24.2 Å². The Morgan fingerprint density at radius 2 is 2.25 bits per heavy atom. The van der Waals surface area contributed by atoms with Crippen molar-refractivity contribution in [1.82, 2.24) is 4.90 Å². The predicted molar refractivity (Wildman–Crippen MR) is 69.1 cm³/mol. The summed E-state index contributed by atoms with van der Waals surface area (Å²) in [6.07, 6.45) is 7.93. The first-order chi connectivity index (χ1) is 7.54. The predicted octanol–water partition coefficient (Wildman–Crippen LogP) is 1.69. The molecule has 2 atom stereocenters. The minimum absolute atomic E-state index is 0.0998. The van der Waals surface area contributed by atoms with Crippen molar-refractivity contribution >= 4 is 5.96 Å². The highest BCUT2D eigenvalue weighted by Gasteiger charge is 2.19. The van der Waals surface area contributed by atoms with Crippen LogP contribution >= 0.6 is 0 Å². The lowest BCUT2D eigenvalue weighted by molar-refractivity contribution is 0.269.